The highest BCUT2D eigenvalue weighted by atomic mass is 16.5. The highest BCUT2D eigenvalue weighted by molar-refractivity contribution is 5.83. The van der Waals surface area contributed by atoms with E-state index in [-0.39, 0.29) is 11.8 Å². The van der Waals surface area contributed by atoms with Crippen LogP contribution in [0.15, 0.2) is 67.0 Å². The Morgan fingerprint density at radius 1 is 1.06 bits per heavy atom. The first-order valence-corrected chi connectivity index (χ1v) is 12.6. The van der Waals surface area contributed by atoms with Crippen LogP contribution in [0.1, 0.15) is 48.4 Å². The van der Waals surface area contributed by atoms with Crippen LogP contribution in [0, 0.1) is 12.3 Å². The second-order valence-corrected chi connectivity index (χ2v) is 9.76. The molecule has 2 fully saturated rings. The van der Waals surface area contributed by atoms with Gasteiger partial charge < -0.3 is 14.4 Å². The van der Waals surface area contributed by atoms with Crippen LogP contribution >= 0.6 is 0 Å². The maximum atomic E-state index is 14.1. The molecule has 6 heteroatoms. The van der Waals surface area contributed by atoms with Gasteiger partial charge in [-0.3, -0.25) is 9.78 Å². The van der Waals surface area contributed by atoms with Gasteiger partial charge in [0, 0.05) is 44.6 Å². The van der Waals surface area contributed by atoms with Crippen LogP contribution in [-0.2, 0) is 16.0 Å². The molecule has 0 spiro atoms. The number of aromatic nitrogens is 2. The van der Waals surface area contributed by atoms with Gasteiger partial charge in [-0.05, 0) is 56.2 Å². The molecule has 0 N–H and O–H groups in total. The Labute approximate surface area is 207 Å². The predicted octanol–water partition coefficient (Wildman–Crippen LogP) is 5.32. The van der Waals surface area contributed by atoms with E-state index in [9.17, 15) is 4.79 Å². The summed E-state index contributed by atoms with van der Waals surface area (Å²) in [5, 5.41) is 0. The van der Waals surface area contributed by atoms with Crippen LogP contribution in [-0.4, -0.2) is 47.1 Å². The lowest BCUT2D eigenvalue weighted by atomic mass is 9.73. The molecule has 2 aromatic carbocycles. The highest BCUT2D eigenvalue weighted by Crippen LogP contribution is 2.39. The zero-order chi connectivity index (χ0) is 24.1. The zero-order valence-electron chi connectivity index (χ0n) is 20.4. The van der Waals surface area contributed by atoms with Crippen molar-refractivity contribution in [1.82, 2.24) is 14.9 Å². The van der Waals surface area contributed by atoms with Gasteiger partial charge in [-0.25, -0.2) is 4.98 Å². The van der Waals surface area contributed by atoms with Gasteiger partial charge in [0.15, 0.2) is 0 Å². The number of likely N-dealkylation sites (tertiary alicyclic amines) is 1. The van der Waals surface area contributed by atoms with Crippen molar-refractivity contribution >= 4 is 5.91 Å². The van der Waals surface area contributed by atoms with E-state index in [0.29, 0.717) is 25.6 Å². The molecule has 35 heavy (non-hydrogen) atoms. The third-order valence-corrected chi connectivity index (χ3v) is 7.38. The van der Waals surface area contributed by atoms with E-state index >= 15 is 0 Å². The summed E-state index contributed by atoms with van der Waals surface area (Å²) in [7, 11) is 0. The molecule has 182 valence electrons. The van der Waals surface area contributed by atoms with Gasteiger partial charge in [0.2, 0.25) is 11.8 Å². The summed E-state index contributed by atoms with van der Waals surface area (Å²) in [5.74, 6) is 1.65. The van der Waals surface area contributed by atoms with Crippen LogP contribution in [0.25, 0.3) is 0 Å². The van der Waals surface area contributed by atoms with Crippen molar-refractivity contribution < 1.29 is 14.3 Å². The fraction of sp³-hybridized carbons (Fsp3) is 0.414. The van der Waals surface area contributed by atoms with Crippen molar-refractivity contribution in [3.05, 3.63) is 83.8 Å². The number of ether oxygens (including phenoxy) is 2. The first-order chi connectivity index (χ1) is 17.1. The van der Waals surface area contributed by atoms with E-state index in [4.69, 9.17) is 9.47 Å². The Hall–Kier alpha value is -3.25. The number of rotatable bonds is 6. The number of hydrogen-bond donors (Lipinski definition) is 0. The summed E-state index contributed by atoms with van der Waals surface area (Å²) < 4.78 is 11.9. The second kappa shape index (κ2) is 10.6. The van der Waals surface area contributed by atoms with Gasteiger partial charge in [-0.1, -0.05) is 48.5 Å². The molecule has 0 aliphatic carbocycles. The molecule has 0 radical (unpaired) electrons. The molecule has 5 rings (SSSR count). The number of carbonyl (C=O) groups is 1. The van der Waals surface area contributed by atoms with Gasteiger partial charge in [0.25, 0.3) is 0 Å². The standard InChI is InChI=1S/C29H33N3O3/c1-22-8-5-6-12-25(22)35-27-26(30-15-16-31-27)24-11-7-17-32(21-24)28(33)29(13-18-34-19-14-29)20-23-9-3-2-4-10-23/h2-6,8-10,12,15-16,24H,7,11,13-14,17-21H2,1H3. The van der Waals surface area contributed by atoms with E-state index in [1.807, 2.05) is 49.4 Å². The van der Waals surface area contributed by atoms with E-state index in [1.54, 1.807) is 12.4 Å². The van der Waals surface area contributed by atoms with E-state index in [0.717, 1.165) is 55.7 Å². The number of para-hydroxylation sites is 1. The average Bonchev–Trinajstić information content (AvgIpc) is 2.91. The SMILES string of the molecule is Cc1ccccc1Oc1nccnc1C1CCCN(C(=O)C2(Cc3ccccc3)CCOCC2)C1. The smallest absolute Gasteiger partial charge is 0.241 e. The highest BCUT2D eigenvalue weighted by Gasteiger charge is 2.44. The molecule has 2 aliphatic heterocycles. The lowest BCUT2D eigenvalue weighted by Crippen LogP contribution is -2.51. The molecule has 0 bridgehead atoms. The first-order valence-electron chi connectivity index (χ1n) is 12.6. The summed E-state index contributed by atoms with van der Waals surface area (Å²) in [6.07, 6.45) is 7.55. The molecule has 1 aromatic heterocycles. The maximum absolute atomic E-state index is 14.1. The maximum Gasteiger partial charge on any atom is 0.241 e. The molecule has 1 atom stereocenters. The number of piperidine rings is 1. The Bertz CT molecular complexity index is 1140. The third-order valence-electron chi connectivity index (χ3n) is 7.38. The largest absolute Gasteiger partial charge is 0.437 e. The summed E-state index contributed by atoms with van der Waals surface area (Å²) in [6, 6.07) is 18.3. The number of nitrogens with zero attached hydrogens (tertiary/aromatic N) is 3. The lowest BCUT2D eigenvalue weighted by molar-refractivity contribution is -0.149. The van der Waals surface area contributed by atoms with Crippen molar-refractivity contribution in [2.75, 3.05) is 26.3 Å². The van der Waals surface area contributed by atoms with Crippen molar-refractivity contribution in [3.63, 3.8) is 0 Å². The molecule has 2 aliphatic rings. The molecule has 3 aromatic rings. The second-order valence-electron chi connectivity index (χ2n) is 9.76. The molecule has 0 saturated carbocycles. The molecular weight excluding hydrogens is 438 g/mol. The first kappa shape index (κ1) is 23.5. The van der Waals surface area contributed by atoms with Gasteiger partial charge in [0.05, 0.1) is 5.41 Å². The Kier molecular flexibility index (Phi) is 7.09. The van der Waals surface area contributed by atoms with Gasteiger partial charge in [0.1, 0.15) is 11.4 Å². The van der Waals surface area contributed by atoms with E-state index < -0.39 is 5.41 Å². The fourth-order valence-electron chi connectivity index (χ4n) is 5.40. The van der Waals surface area contributed by atoms with Crippen molar-refractivity contribution in [3.8, 4) is 11.6 Å². The van der Waals surface area contributed by atoms with Gasteiger partial charge in [-0.15, -0.1) is 0 Å². The van der Waals surface area contributed by atoms with Crippen molar-refractivity contribution in [2.45, 2.75) is 44.9 Å². The molecule has 6 nitrogen and oxygen atoms in total. The third kappa shape index (κ3) is 5.22. The molecule has 3 heterocycles. The fourth-order valence-corrected chi connectivity index (χ4v) is 5.40. The topological polar surface area (TPSA) is 64.6 Å². The zero-order valence-corrected chi connectivity index (χ0v) is 20.4. The van der Waals surface area contributed by atoms with E-state index in [2.05, 4.69) is 27.0 Å². The number of carbonyl (C=O) groups excluding carboxylic acids is 1. The summed E-state index contributed by atoms with van der Waals surface area (Å²) in [5.41, 5.74) is 2.67. The van der Waals surface area contributed by atoms with Crippen LogP contribution in [0.3, 0.4) is 0 Å². The summed E-state index contributed by atoms with van der Waals surface area (Å²) >= 11 is 0. The number of aryl methyl sites for hydroxylation is 1. The summed E-state index contributed by atoms with van der Waals surface area (Å²) in [6.45, 7) is 4.70. The molecule has 1 unspecified atom stereocenters. The molecular formula is C29H33N3O3. The minimum Gasteiger partial charge on any atom is -0.437 e. The quantitative estimate of drug-likeness (QED) is 0.487. The molecule has 2 saturated heterocycles. The average molecular weight is 472 g/mol. The monoisotopic (exact) mass is 471 g/mol. The predicted molar refractivity (Wildman–Crippen MR) is 134 cm³/mol. The minimum absolute atomic E-state index is 0.0917. The lowest BCUT2D eigenvalue weighted by Gasteiger charge is -2.42. The van der Waals surface area contributed by atoms with Crippen LogP contribution < -0.4 is 4.74 Å². The molecule has 1 amide bonds. The van der Waals surface area contributed by atoms with Crippen molar-refractivity contribution in [1.29, 1.82) is 0 Å². The van der Waals surface area contributed by atoms with Crippen LogP contribution in [0.4, 0.5) is 0 Å². The Morgan fingerprint density at radius 3 is 2.60 bits per heavy atom. The normalized spacial score (nSPS) is 19.8. The number of amides is 1. The van der Waals surface area contributed by atoms with Crippen molar-refractivity contribution in [2.24, 2.45) is 5.41 Å². The van der Waals surface area contributed by atoms with Gasteiger partial charge in [-0.2, -0.15) is 0 Å². The van der Waals surface area contributed by atoms with E-state index in [1.165, 1.54) is 5.56 Å². The Balaban J connectivity index is 1.37. The Morgan fingerprint density at radius 2 is 1.80 bits per heavy atom. The van der Waals surface area contributed by atoms with Crippen LogP contribution in [0.5, 0.6) is 11.6 Å². The number of benzene rings is 2. The van der Waals surface area contributed by atoms with Gasteiger partial charge >= 0.3 is 0 Å². The number of hydrogen-bond acceptors (Lipinski definition) is 5. The summed E-state index contributed by atoms with van der Waals surface area (Å²) in [4.78, 5) is 25.3. The van der Waals surface area contributed by atoms with Crippen LogP contribution in [0.2, 0.25) is 0 Å². The minimum atomic E-state index is -0.412.